The molecule has 2 rings (SSSR count). The number of alkyl halides is 3. The van der Waals surface area contributed by atoms with Crippen LogP contribution in [0.15, 0.2) is 22.8 Å². The Hall–Kier alpha value is -1.15. The summed E-state index contributed by atoms with van der Waals surface area (Å²) in [5, 5.41) is 7.17. The fourth-order valence-corrected chi connectivity index (χ4v) is 1.68. The third kappa shape index (κ3) is 1.91. The molecule has 1 unspecified atom stereocenters. The van der Waals surface area contributed by atoms with E-state index in [1.165, 1.54) is 10.6 Å². The first-order valence-electron chi connectivity index (χ1n) is 4.60. The van der Waals surface area contributed by atoms with Crippen molar-refractivity contribution in [2.45, 2.75) is 18.6 Å². The van der Waals surface area contributed by atoms with Gasteiger partial charge in [-0.15, -0.1) is 10.2 Å². The quantitative estimate of drug-likeness (QED) is 0.879. The van der Waals surface area contributed by atoms with Gasteiger partial charge in [0.05, 0.1) is 0 Å². The number of hydrogen-bond acceptors (Lipinski definition) is 3. The highest BCUT2D eigenvalue weighted by Gasteiger charge is 2.52. The number of nitrogens with two attached hydrogens (primary N) is 1. The van der Waals surface area contributed by atoms with E-state index < -0.39 is 11.7 Å². The lowest BCUT2D eigenvalue weighted by Gasteiger charge is -2.25. The lowest BCUT2D eigenvalue weighted by atomic mass is 10.0. The smallest absolute Gasteiger partial charge is 0.311 e. The molecule has 2 aromatic rings. The molecule has 0 fully saturated rings. The zero-order valence-corrected chi connectivity index (χ0v) is 10.2. The van der Waals surface area contributed by atoms with Gasteiger partial charge in [0.2, 0.25) is 0 Å². The highest BCUT2D eigenvalue weighted by molar-refractivity contribution is 9.10. The lowest BCUT2D eigenvalue weighted by molar-refractivity contribution is -0.186. The van der Waals surface area contributed by atoms with Gasteiger partial charge in [-0.1, -0.05) is 0 Å². The van der Waals surface area contributed by atoms with Crippen LogP contribution in [0.3, 0.4) is 0 Å². The fourth-order valence-electron chi connectivity index (χ4n) is 1.35. The van der Waals surface area contributed by atoms with E-state index in [0.717, 1.165) is 6.92 Å². The molecule has 8 heteroatoms. The highest BCUT2D eigenvalue weighted by Crippen LogP contribution is 2.35. The molecule has 0 bridgehead atoms. The van der Waals surface area contributed by atoms with E-state index >= 15 is 0 Å². The second-order valence-electron chi connectivity index (χ2n) is 3.80. The number of rotatable bonds is 1. The van der Waals surface area contributed by atoms with Crippen molar-refractivity contribution in [3.05, 3.63) is 28.6 Å². The van der Waals surface area contributed by atoms with Gasteiger partial charge in [0.1, 0.15) is 0 Å². The van der Waals surface area contributed by atoms with Crippen molar-refractivity contribution in [1.82, 2.24) is 14.6 Å². The summed E-state index contributed by atoms with van der Waals surface area (Å²) in [4.78, 5) is 0. The fraction of sp³-hybridized carbons (Fsp3) is 0.333. The van der Waals surface area contributed by atoms with Crippen molar-refractivity contribution >= 4 is 21.6 Å². The molecule has 2 heterocycles. The number of aromatic nitrogens is 3. The van der Waals surface area contributed by atoms with Crippen molar-refractivity contribution in [2.24, 2.45) is 5.73 Å². The molecule has 4 nitrogen and oxygen atoms in total. The van der Waals surface area contributed by atoms with Crippen molar-refractivity contribution in [3.63, 3.8) is 0 Å². The largest absolute Gasteiger partial charge is 0.413 e. The van der Waals surface area contributed by atoms with Gasteiger partial charge in [-0.2, -0.15) is 13.2 Å². The Morgan fingerprint density at radius 3 is 2.53 bits per heavy atom. The van der Waals surface area contributed by atoms with Gasteiger partial charge < -0.3 is 5.73 Å². The van der Waals surface area contributed by atoms with Crippen LogP contribution in [0.5, 0.6) is 0 Å². The summed E-state index contributed by atoms with van der Waals surface area (Å²) in [7, 11) is 0. The number of nitrogens with zero attached hydrogens (tertiary/aromatic N) is 3. The van der Waals surface area contributed by atoms with Gasteiger partial charge in [-0.05, 0) is 35.0 Å². The second kappa shape index (κ2) is 3.67. The Balaban J connectivity index is 2.68. The lowest BCUT2D eigenvalue weighted by Crippen LogP contribution is -2.49. The van der Waals surface area contributed by atoms with Gasteiger partial charge in [-0.25, -0.2) is 0 Å². The summed E-state index contributed by atoms with van der Waals surface area (Å²) in [6.45, 7) is 0.865. The first kappa shape index (κ1) is 12.3. The standard InChI is InChI=1S/C9H8BrF3N4/c1-8(14,9(11,12)13)7-16-15-6-3-2-5(10)4-17(6)7/h2-4H,14H2,1H3. The SMILES string of the molecule is CC(N)(c1nnc2ccc(Br)cn12)C(F)(F)F. The van der Waals surface area contributed by atoms with E-state index in [1.807, 2.05) is 0 Å². The maximum atomic E-state index is 12.8. The monoisotopic (exact) mass is 308 g/mol. The Morgan fingerprint density at radius 1 is 1.29 bits per heavy atom. The van der Waals surface area contributed by atoms with Crippen LogP contribution >= 0.6 is 15.9 Å². The Labute approximate surface area is 103 Å². The molecule has 0 aliphatic rings. The molecule has 2 aromatic heterocycles. The van der Waals surface area contributed by atoms with E-state index in [0.29, 0.717) is 10.1 Å². The van der Waals surface area contributed by atoms with Crippen LogP contribution in [0.1, 0.15) is 12.7 Å². The minimum Gasteiger partial charge on any atom is -0.311 e. The normalized spacial score (nSPS) is 16.1. The molecular weight excluding hydrogens is 301 g/mol. The maximum absolute atomic E-state index is 12.8. The minimum atomic E-state index is -4.60. The summed E-state index contributed by atoms with van der Waals surface area (Å²) >= 11 is 3.17. The van der Waals surface area contributed by atoms with Crippen LogP contribution in [0, 0.1) is 0 Å². The Kier molecular flexibility index (Phi) is 2.66. The predicted molar refractivity (Wildman–Crippen MR) is 58.3 cm³/mol. The number of hydrogen-bond donors (Lipinski definition) is 1. The summed E-state index contributed by atoms with van der Waals surface area (Å²) < 4.78 is 40.3. The predicted octanol–water partition coefficient (Wildman–Crippen LogP) is 2.23. The molecule has 0 spiro atoms. The second-order valence-corrected chi connectivity index (χ2v) is 4.71. The average Bonchev–Trinajstić information content (AvgIpc) is 2.58. The molecule has 2 N–H and O–H groups in total. The zero-order chi connectivity index (χ0) is 12.8. The molecular formula is C9H8BrF3N4. The van der Waals surface area contributed by atoms with Crippen molar-refractivity contribution < 1.29 is 13.2 Å². The van der Waals surface area contributed by atoms with Crippen LogP contribution < -0.4 is 5.73 Å². The molecule has 0 aliphatic heterocycles. The van der Waals surface area contributed by atoms with E-state index in [9.17, 15) is 13.2 Å². The van der Waals surface area contributed by atoms with Gasteiger partial charge in [0, 0.05) is 10.7 Å². The number of fused-ring (bicyclic) bond motifs is 1. The maximum Gasteiger partial charge on any atom is 0.413 e. The van der Waals surface area contributed by atoms with Crippen LogP contribution in [0.2, 0.25) is 0 Å². The van der Waals surface area contributed by atoms with Crippen LogP contribution in [0.4, 0.5) is 13.2 Å². The zero-order valence-electron chi connectivity index (χ0n) is 8.66. The average molecular weight is 309 g/mol. The first-order chi connectivity index (χ1) is 7.73. The van der Waals surface area contributed by atoms with Crippen LogP contribution in [0.25, 0.3) is 5.65 Å². The number of pyridine rings is 1. The molecule has 1 atom stereocenters. The van der Waals surface area contributed by atoms with E-state index in [1.54, 1.807) is 12.1 Å². The molecule has 92 valence electrons. The molecule has 17 heavy (non-hydrogen) atoms. The molecule has 0 amide bonds. The van der Waals surface area contributed by atoms with E-state index in [2.05, 4.69) is 26.1 Å². The summed E-state index contributed by atoms with van der Waals surface area (Å²) in [5.74, 6) is -0.346. The van der Waals surface area contributed by atoms with Crippen molar-refractivity contribution in [1.29, 1.82) is 0 Å². The Morgan fingerprint density at radius 2 is 1.94 bits per heavy atom. The van der Waals surface area contributed by atoms with Gasteiger partial charge in [0.15, 0.2) is 17.0 Å². The molecule has 0 radical (unpaired) electrons. The molecule has 0 aromatic carbocycles. The molecule has 0 aliphatic carbocycles. The van der Waals surface area contributed by atoms with Crippen molar-refractivity contribution in [2.75, 3.05) is 0 Å². The Bertz CT molecular complexity index is 561. The molecule has 0 saturated carbocycles. The number of halogens is 4. The highest BCUT2D eigenvalue weighted by atomic mass is 79.9. The third-order valence-corrected chi connectivity index (χ3v) is 2.89. The van der Waals surface area contributed by atoms with Crippen LogP contribution in [-0.4, -0.2) is 20.8 Å². The van der Waals surface area contributed by atoms with E-state index in [-0.39, 0.29) is 5.82 Å². The van der Waals surface area contributed by atoms with Crippen molar-refractivity contribution in [3.8, 4) is 0 Å². The van der Waals surface area contributed by atoms with E-state index in [4.69, 9.17) is 5.73 Å². The summed E-state index contributed by atoms with van der Waals surface area (Å²) in [6.07, 6.45) is -3.15. The van der Waals surface area contributed by atoms with Gasteiger partial charge >= 0.3 is 6.18 Å². The molecule has 0 saturated heterocycles. The van der Waals surface area contributed by atoms with Gasteiger partial charge in [0.25, 0.3) is 0 Å². The topological polar surface area (TPSA) is 56.2 Å². The third-order valence-electron chi connectivity index (χ3n) is 2.42. The first-order valence-corrected chi connectivity index (χ1v) is 5.39. The summed E-state index contributed by atoms with van der Waals surface area (Å²) in [5.41, 5.74) is 3.07. The summed E-state index contributed by atoms with van der Waals surface area (Å²) in [6, 6.07) is 3.21. The van der Waals surface area contributed by atoms with Crippen LogP contribution in [-0.2, 0) is 5.54 Å². The minimum absolute atomic E-state index is 0.309. The van der Waals surface area contributed by atoms with Gasteiger partial charge in [-0.3, -0.25) is 4.40 Å².